The molecule has 0 bridgehead atoms. The lowest BCUT2D eigenvalue weighted by atomic mass is 9.81. The summed E-state index contributed by atoms with van der Waals surface area (Å²) in [7, 11) is 0. The van der Waals surface area contributed by atoms with Crippen LogP contribution in [0.15, 0.2) is 42.5 Å². The second-order valence-corrected chi connectivity index (χ2v) is 9.68. The molecule has 3 atom stereocenters. The van der Waals surface area contributed by atoms with E-state index < -0.39 is 11.9 Å². The van der Waals surface area contributed by atoms with E-state index in [9.17, 15) is 19.2 Å². The van der Waals surface area contributed by atoms with Crippen molar-refractivity contribution in [1.29, 1.82) is 0 Å². The van der Waals surface area contributed by atoms with Gasteiger partial charge in [-0.3, -0.25) is 24.1 Å². The van der Waals surface area contributed by atoms with Crippen LogP contribution in [0.3, 0.4) is 0 Å². The molecule has 3 amide bonds. The molecule has 2 saturated heterocycles. The number of ether oxygens (including phenoxy) is 1. The van der Waals surface area contributed by atoms with Crippen molar-refractivity contribution in [3.63, 3.8) is 0 Å². The molecule has 5 rings (SSSR count). The van der Waals surface area contributed by atoms with Crippen LogP contribution in [0, 0.1) is 31.6 Å². The number of esters is 1. The molecule has 2 heterocycles. The van der Waals surface area contributed by atoms with Crippen LogP contribution in [-0.2, 0) is 19.2 Å². The van der Waals surface area contributed by atoms with Crippen LogP contribution in [-0.4, -0.2) is 30.2 Å². The SMILES string of the molecule is Cc1cc(C)cc(N2CC(C(=O)Oc3ccc(N4C(=O)C5CCCCC5C4=O)cc3)CC2=O)c1. The Morgan fingerprint density at radius 1 is 0.853 bits per heavy atom. The van der Waals surface area contributed by atoms with Gasteiger partial charge in [-0.05, 0) is 74.2 Å². The maximum Gasteiger partial charge on any atom is 0.316 e. The minimum atomic E-state index is -0.558. The molecule has 176 valence electrons. The van der Waals surface area contributed by atoms with Crippen molar-refractivity contribution in [1.82, 2.24) is 0 Å². The molecule has 3 aliphatic rings. The van der Waals surface area contributed by atoms with E-state index >= 15 is 0 Å². The zero-order valence-corrected chi connectivity index (χ0v) is 19.5. The monoisotopic (exact) mass is 460 g/mol. The van der Waals surface area contributed by atoms with Gasteiger partial charge in [-0.2, -0.15) is 0 Å². The lowest BCUT2D eigenvalue weighted by Gasteiger charge is -2.19. The number of aryl methyl sites for hydroxylation is 2. The number of rotatable bonds is 4. The number of carbonyl (C=O) groups excluding carboxylic acids is 4. The van der Waals surface area contributed by atoms with Crippen molar-refractivity contribution in [3.8, 4) is 5.75 Å². The highest BCUT2D eigenvalue weighted by molar-refractivity contribution is 6.22. The molecule has 2 aliphatic heterocycles. The molecule has 0 N–H and O–H groups in total. The number of amides is 3. The lowest BCUT2D eigenvalue weighted by Crippen LogP contribution is -2.30. The first-order valence-corrected chi connectivity index (χ1v) is 11.9. The molecule has 2 aromatic rings. The number of nitrogens with zero attached hydrogens (tertiary/aromatic N) is 2. The van der Waals surface area contributed by atoms with E-state index in [-0.39, 0.29) is 42.5 Å². The maximum atomic E-state index is 12.8. The van der Waals surface area contributed by atoms with Crippen LogP contribution in [0.25, 0.3) is 0 Å². The fraction of sp³-hybridized carbons (Fsp3) is 0.407. The summed E-state index contributed by atoms with van der Waals surface area (Å²) in [6, 6.07) is 12.4. The van der Waals surface area contributed by atoms with E-state index in [2.05, 4.69) is 0 Å². The van der Waals surface area contributed by atoms with Gasteiger partial charge in [0.1, 0.15) is 5.75 Å². The number of carbonyl (C=O) groups is 4. The van der Waals surface area contributed by atoms with Crippen molar-refractivity contribution in [3.05, 3.63) is 53.6 Å². The van der Waals surface area contributed by atoms with Gasteiger partial charge in [0.2, 0.25) is 17.7 Å². The van der Waals surface area contributed by atoms with Crippen molar-refractivity contribution in [2.75, 3.05) is 16.3 Å². The standard InChI is InChI=1S/C27H28N2O5/c1-16-11-17(2)13-20(12-16)28-15-18(14-24(28)30)27(33)34-21-9-7-19(8-10-21)29-25(31)22-5-3-4-6-23(22)26(29)32/h7-13,18,22-23H,3-6,14-15H2,1-2H3. The van der Waals surface area contributed by atoms with Gasteiger partial charge in [-0.25, -0.2) is 0 Å². The summed E-state index contributed by atoms with van der Waals surface area (Å²) in [6.07, 6.45) is 3.59. The first kappa shape index (κ1) is 22.3. The molecule has 7 heteroatoms. The number of anilines is 2. The largest absolute Gasteiger partial charge is 0.426 e. The van der Waals surface area contributed by atoms with E-state index in [1.807, 2.05) is 32.0 Å². The highest BCUT2D eigenvalue weighted by atomic mass is 16.5. The van der Waals surface area contributed by atoms with Crippen molar-refractivity contribution >= 4 is 35.1 Å². The van der Waals surface area contributed by atoms with E-state index in [1.54, 1.807) is 29.2 Å². The highest BCUT2D eigenvalue weighted by Gasteiger charge is 2.48. The molecule has 3 unspecified atom stereocenters. The Morgan fingerprint density at radius 2 is 1.44 bits per heavy atom. The molecular weight excluding hydrogens is 432 g/mol. The molecule has 3 fully saturated rings. The van der Waals surface area contributed by atoms with Crippen LogP contribution in [0.2, 0.25) is 0 Å². The smallest absolute Gasteiger partial charge is 0.316 e. The highest BCUT2D eigenvalue weighted by Crippen LogP contribution is 2.40. The summed E-state index contributed by atoms with van der Waals surface area (Å²) >= 11 is 0. The number of imide groups is 1. The summed E-state index contributed by atoms with van der Waals surface area (Å²) in [5.74, 6) is -1.48. The molecule has 34 heavy (non-hydrogen) atoms. The molecule has 7 nitrogen and oxygen atoms in total. The molecule has 2 aromatic carbocycles. The molecule has 1 saturated carbocycles. The number of hydrogen-bond donors (Lipinski definition) is 0. The van der Waals surface area contributed by atoms with Crippen molar-refractivity contribution < 1.29 is 23.9 Å². The van der Waals surface area contributed by atoms with Crippen LogP contribution in [0.4, 0.5) is 11.4 Å². The summed E-state index contributed by atoms with van der Waals surface area (Å²) in [6.45, 7) is 4.23. The summed E-state index contributed by atoms with van der Waals surface area (Å²) in [5.41, 5.74) is 3.41. The zero-order chi connectivity index (χ0) is 24.0. The Bertz CT molecular complexity index is 1130. The number of hydrogen-bond acceptors (Lipinski definition) is 5. The van der Waals surface area contributed by atoms with Crippen LogP contribution in [0.1, 0.15) is 43.2 Å². The van der Waals surface area contributed by atoms with Gasteiger partial charge in [0.05, 0.1) is 23.4 Å². The van der Waals surface area contributed by atoms with Gasteiger partial charge < -0.3 is 9.64 Å². The number of fused-ring (bicyclic) bond motifs is 1. The average molecular weight is 461 g/mol. The van der Waals surface area contributed by atoms with Crippen LogP contribution >= 0.6 is 0 Å². The Labute approximate surface area is 198 Å². The second kappa shape index (κ2) is 8.70. The summed E-state index contributed by atoms with van der Waals surface area (Å²) in [4.78, 5) is 53.8. The third-order valence-corrected chi connectivity index (χ3v) is 7.13. The summed E-state index contributed by atoms with van der Waals surface area (Å²) in [5, 5.41) is 0. The predicted octanol–water partition coefficient (Wildman–Crippen LogP) is 3.94. The first-order valence-electron chi connectivity index (χ1n) is 11.9. The predicted molar refractivity (Wildman–Crippen MR) is 126 cm³/mol. The van der Waals surface area contributed by atoms with Gasteiger partial charge in [0.15, 0.2) is 0 Å². The minimum absolute atomic E-state index is 0.101. The molecule has 0 aromatic heterocycles. The van der Waals surface area contributed by atoms with Crippen molar-refractivity contribution in [2.24, 2.45) is 17.8 Å². The van der Waals surface area contributed by atoms with Crippen LogP contribution in [0.5, 0.6) is 5.75 Å². The van der Waals surface area contributed by atoms with Crippen LogP contribution < -0.4 is 14.5 Å². The van der Waals surface area contributed by atoms with Gasteiger partial charge >= 0.3 is 5.97 Å². The van der Waals surface area contributed by atoms with Gasteiger partial charge in [0, 0.05) is 18.7 Å². The Morgan fingerprint density at radius 3 is 2.03 bits per heavy atom. The van der Waals surface area contributed by atoms with E-state index in [0.29, 0.717) is 11.4 Å². The molecular formula is C27H28N2O5. The fourth-order valence-corrected chi connectivity index (χ4v) is 5.50. The number of benzene rings is 2. The maximum absolute atomic E-state index is 12.8. The van der Waals surface area contributed by atoms with Gasteiger partial charge in [0.25, 0.3) is 0 Å². The second-order valence-electron chi connectivity index (χ2n) is 9.68. The molecule has 0 spiro atoms. The lowest BCUT2D eigenvalue weighted by molar-refractivity contribution is -0.139. The van der Waals surface area contributed by atoms with Gasteiger partial charge in [-0.15, -0.1) is 0 Å². The fourth-order valence-electron chi connectivity index (χ4n) is 5.50. The quantitative estimate of drug-likeness (QED) is 0.392. The Hall–Kier alpha value is -3.48. The van der Waals surface area contributed by atoms with E-state index in [1.165, 1.54) is 4.90 Å². The normalized spacial score (nSPS) is 24.5. The van der Waals surface area contributed by atoms with E-state index in [4.69, 9.17) is 4.74 Å². The van der Waals surface area contributed by atoms with Gasteiger partial charge in [-0.1, -0.05) is 18.9 Å². The molecule has 1 aliphatic carbocycles. The topological polar surface area (TPSA) is 84.0 Å². The first-order chi connectivity index (χ1) is 16.3. The summed E-state index contributed by atoms with van der Waals surface area (Å²) < 4.78 is 5.54. The average Bonchev–Trinajstić information content (AvgIpc) is 3.32. The Balaban J connectivity index is 1.25. The van der Waals surface area contributed by atoms with E-state index in [0.717, 1.165) is 42.5 Å². The third-order valence-electron chi connectivity index (χ3n) is 7.13. The third kappa shape index (κ3) is 4.00. The molecule has 0 radical (unpaired) electrons. The Kier molecular flexibility index (Phi) is 5.71. The zero-order valence-electron chi connectivity index (χ0n) is 19.5. The minimum Gasteiger partial charge on any atom is -0.426 e. The van der Waals surface area contributed by atoms with Crippen molar-refractivity contribution in [2.45, 2.75) is 46.0 Å².